The summed E-state index contributed by atoms with van der Waals surface area (Å²) in [6.07, 6.45) is 2.56. The maximum Gasteiger partial charge on any atom is 0.123 e. The molecule has 2 N–H and O–H groups in total. The minimum absolute atomic E-state index is 0.206. The van der Waals surface area contributed by atoms with Crippen molar-refractivity contribution in [2.45, 2.75) is 32.0 Å². The van der Waals surface area contributed by atoms with Crippen molar-refractivity contribution < 1.29 is 4.39 Å². The number of likely N-dealkylation sites (tertiary alicyclic amines) is 1. The topological polar surface area (TPSA) is 32.5 Å². The van der Waals surface area contributed by atoms with E-state index in [4.69, 9.17) is 5.73 Å². The van der Waals surface area contributed by atoms with E-state index >= 15 is 0 Å². The molecule has 0 saturated carbocycles. The first kappa shape index (κ1) is 14.4. The summed E-state index contributed by atoms with van der Waals surface area (Å²) in [7, 11) is 4.31. The molecule has 1 aromatic carbocycles. The molecule has 1 unspecified atom stereocenters. The molecule has 0 aliphatic carbocycles. The summed E-state index contributed by atoms with van der Waals surface area (Å²) < 4.78 is 13.2. The lowest BCUT2D eigenvalue weighted by molar-refractivity contribution is 0.215. The van der Waals surface area contributed by atoms with Gasteiger partial charge in [0.25, 0.3) is 0 Å². The molecule has 19 heavy (non-hydrogen) atoms. The van der Waals surface area contributed by atoms with E-state index in [0.717, 1.165) is 24.2 Å². The van der Waals surface area contributed by atoms with Crippen LogP contribution in [-0.2, 0) is 13.1 Å². The van der Waals surface area contributed by atoms with Gasteiger partial charge in [-0.15, -0.1) is 0 Å². The average molecular weight is 265 g/mol. The molecule has 1 fully saturated rings. The van der Waals surface area contributed by atoms with E-state index in [1.54, 1.807) is 6.07 Å². The predicted molar refractivity (Wildman–Crippen MR) is 76.3 cm³/mol. The molecule has 106 valence electrons. The van der Waals surface area contributed by atoms with E-state index < -0.39 is 0 Å². The monoisotopic (exact) mass is 265 g/mol. The van der Waals surface area contributed by atoms with Crippen molar-refractivity contribution >= 4 is 0 Å². The molecule has 1 aromatic rings. The zero-order valence-electron chi connectivity index (χ0n) is 11.9. The highest BCUT2D eigenvalue weighted by molar-refractivity contribution is 5.27. The first-order valence-electron chi connectivity index (χ1n) is 6.96. The Hall–Kier alpha value is -0.970. The van der Waals surface area contributed by atoms with Gasteiger partial charge < -0.3 is 15.5 Å². The predicted octanol–water partition coefficient (Wildman–Crippen LogP) is 1.81. The van der Waals surface area contributed by atoms with Crippen molar-refractivity contribution in [1.29, 1.82) is 0 Å². The minimum atomic E-state index is -0.206. The van der Waals surface area contributed by atoms with Crippen LogP contribution in [0.15, 0.2) is 18.2 Å². The summed E-state index contributed by atoms with van der Waals surface area (Å²) in [6.45, 7) is 3.47. The van der Waals surface area contributed by atoms with Crippen molar-refractivity contribution in [1.82, 2.24) is 9.80 Å². The van der Waals surface area contributed by atoms with Gasteiger partial charge >= 0.3 is 0 Å². The number of likely N-dealkylation sites (N-methyl/N-ethyl adjacent to an activating group) is 2. The Morgan fingerprint density at radius 3 is 2.84 bits per heavy atom. The summed E-state index contributed by atoms with van der Waals surface area (Å²) in [5.41, 5.74) is 7.73. The third-order valence-corrected chi connectivity index (χ3v) is 4.02. The van der Waals surface area contributed by atoms with Gasteiger partial charge in [-0.2, -0.15) is 0 Å². The Balaban J connectivity index is 1.96. The van der Waals surface area contributed by atoms with Gasteiger partial charge in [-0.1, -0.05) is 6.07 Å². The van der Waals surface area contributed by atoms with Crippen molar-refractivity contribution in [3.8, 4) is 0 Å². The molecular weight excluding hydrogens is 241 g/mol. The second-order valence-corrected chi connectivity index (χ2v) is 5.59. The van der Waals surface area contributed by atoms with Crippen LogP contribution in [0.2, 0.25) is 0 Å². The van der Waals surface area contributed by atoms with Crippen LogP contribution in [0.3, 0.4) is 0 Å². The Morgan fingerprint density at radius 1 is 1.42 bits per heavy atom. The molecule has 1 atom stereocenters. The van der Waals surface area contributed by atoms with Crippen molar-refractivity contribution in [3.05, 3.63) is 35.1 Å². The van der Waals surface area contributed by atoms with Crippen LogP contribution in [0.4, 0.5) is 4.39 Å². The lowest BCUT2D eigenvalue weighted by atomic mass is 10.1. The quantitative estimate of drug-likeness (QED) is 0.881. The molecule has 0 bridgehead atoms. The molecule has 1 aliphatic heterocycles. The third-order valence-electron chi connectivity index (χ3n) is 4.02. The summed E-state index contributed by atoms with van der Waals surface area (Å²) in [5.74, 6) is -0.206. The average Bonchev–Trinajstić information content (AvgIpc) is 2.77. The zero-order valence-corrected chi connectivity index (χ0v) is 11.9. The van der Waals surface area contributed by atoms with Gasteiger partial charge in [-0.3, -0.25) is 0 Å². The fraction of sp³-hybridized carbons (Fsp3) is 0.600. The molecule has 0 spiro atoms. The minimum Gasteiger partial charge on any atom is -0.326 e. The lowest BCUT2D eigenvalue weighted by Crippen LogP contribution is -2.36. The van der Waals surface area contributed by atoms with Crippen molar-refractivity contribution in [2.75, 3.05) is 27.2 Å². The number of nitrogens with zero attached hydrogens (tertiary/aromatic N) is 2. The molecule has 0 radical (unpaired) electrons. The molecule has 1 saturated heterocycles. The van der Waals surface area contributed by atoms with Gasteiger partial charge in [0, 0.05) is 25.7 Å². The highest BCUT2D eigenvalue weighted by Gasteiger charge is 2.22. The lowest BCUT2D eigenvalue weighted by Gasteiger charge is -2.26. The Bertz CT molecular complexity index is 422. The van der Waals surface area contributed by atoms with Crippen molar-refractivity contribution in [3.63, 3.8) is 0 Å². The van der Waals surface area contributed by atoms with Gasteiger partial charge in [-0.25, -0.2) is 4.39 Å². The van der Waals surface area contributed by atoms with E-state index in [-0.39, 0.29) is 5.82 Å². The Kier molecular flexibility index (Phi) is 4.91. The molecule has 3 nitrogen and oxygen atoms in total. The SMILES string of the molecule is CN(Cc1ccc(F)cc1CN)CC1CCCN1C. The van der Waals surface area contributed by atoms with E-state index in [0.29, 0.717) is 12.6 Å². The maximum atomic E-state index is 13.2. The first-order chi connectivity index (χ1) is 9.10. The fourth-order valence-electron chi connectivity index (χ4n) is 2.86. The Labute approximate surface area is 115 Å². The van der Waals surface area contributed by atoms with Crippen LogP contribution in [0.25, 0.3) is 0 Å². The van der Waals surface area contributed by atoms with Gasteiger partial charge in [0.1, 0.15) is 5.82 Å². The molecule has 1 heterocycles. The number of hydrogen-bond acceptors (Lipinski definition) is 3. The number of halogens is 1. The second-order valence-electron chi connectivity index (χ2n) is 5.59. The van der Waals surface area contributed by atoms with Gasteiger partial charge in [0.05, 0.1) is 0 Å². The largest absolute Gasteiger partial charge is 0.326 e. The molecule has 2 rings (SSSR count). The third kappa shape index (κ3) is 3.75. The van der Waals surface area contributed by atoms with Crippen LogP contribution in [0.5, 0.6) is 0 Å². The van der Waals surface area contributed by atoms with Gasteiger partial charge in [0.2, 0.25) is 0 Å². The van der Waals surface area contributed by atoms with E-state index in [1.807, 2.05) is 6.07 Å². The second kappa shape index (κ2) is 6.46. The van der Waals surface area contributed by atoms with Crippen LogP contribution in [-0.4, -0.2) is 43.0 Å². The standard InChI is InChI=1S/C15H24FN3/c1-18(11-15-4-3-7-19(15)2)10-12-5-6-14(16)8-13(12)9-17/h5-6,8,15H,3-4,7,9-11,17H2,1-2H3. The summed E-state index contributed by atoms with van der Waals surface area (Å²) in [5, 5.41) is 0. The highest BCUT2D eigenvalue weighted by atomic mass is 19.1. The number of benzene rings is 1. The van der Waals surface area contributed by atoms with Crippen molar-refractivity contribution in [2.24, 2.45) is 5.73 Å². The first-order valence-corrected chi connectivity index (χ1v) is 6.96. The highest BCUT2D eigenvalue weighted by Crippen LogP contribution is 2.18. The van der Waals surface area contributed by atoms with E-state index in [9.17, 15) is 4.39 Å². The van der Waals surface area contributed by atoms with Crippen LogP contribution in [0.1, 0.15) is 24.0 Å². The summed E-state index contributed by atoms with van der Waals surface area (Å²) >= 11 is 0. The van der Waals surface area contributed by atoms with Gasteiger partial charge in [-0.05, 0) is 56.7 Å². The molecule has 0 aromatic heterocycles. The molecular formula is C15H24FN3. The maximum absolute atomic E-state index is 13.2. The van der Waals surface area contributed by atoms with Crippen LogP contribution in [0, 0.1) is 5.82 Å². The van der Waals surface area contributed by atoms with E-state index in [2.05, 4.69) is 23.9 Å². The normalized spacial score (nSPS) is 20.4. The number of nitrogens with two attached hydrogens (primary N) is 1. The molecule has 0 amide bonds. The Morgan fingerprint density at radius 2 is 2.21 bits per heavy atom. The number of rotatable bonds is 5. The molecule has 1 aliphatic rings. The van der Waals surface area contributed by atoms with Crippen LogP contribution >= 0.6 is 0 Å². The zero-order chi connectivity index (χ0) is 13.8. The number of hydrogen-bond donors (Lipinski definition) is 1. The smallest absolute Gasteiger partial charge is 0.123 e. The summed E-state index contributed by atoms with van der Waals surface area (Å²) in [4.78, 5) is 4.73. The fourth-order valence-corrected chi connectivity index (χ4v) is 2.86. The van der Waals surface area contributed by atoms with E-state index in [1.165, 1.54) is 25.5 Å². The molecule has 4 heteroatoms. The summed E-state index contributed by atoms with van der Waals surface area (Å²) in [6, 6.07) is 5.56. The van der Waals surface area contributed by atoms with Gasteiger partial charge in [0.15, 0.2) is 0 Å². The van der Waals surface area contributed by atoms with Crippen LogP contribution < -0.4 is 5.73 Å².